The quantitative estimate of drug-likeness (QED) is 0.932. The van der Waals surface area contributed by atoms with Gasteiger partial charge in [-0.1, -0.05) is 11.6 Å². The molecule has 1 amide bonds. The molecule has 2 aliphatic rings. The normalized spacial score (nSPS) is 24.8. The summed E-state index contributed by atoms with van der Waals surface area (Å²) in [6.07, 6.45) is 4.91. The van der Waals surface area contributed by atoms with Crippen LogP contribution in [0.1, 0.15) is 36.5 Å². The Morgan fingerprint density at radius 2 is 2.43 bits per heavy atom. The molecule has 1 aliphatic heterocycles. The first-order valence-electron chi connectivity index (χ1n) is 7.52. The maximum absolute atomic E-state index is 12.9. The number of aromatic nitrogens is 1. The molecule has 3 rings (SSSR count). The van der Waals surface area contributed by atoms with Crippen molar-refractivity contribution < 1.29 is 9.53 Å². The molecule has 0 radical (unpaired) electrons. The van der Waals surface area contributed by atoms with Crippen molar-refractivity contribution in [1.29, 1.82) is 0 Å². The highest BCUT2D eigenvalue weighted by molar-refractivity contribution is 6.33. The smallest absolute Gasteiger partial charge is 0.255 e. The summed E-state index contributed by atoms with van der Waals surface area (Å²) in [6.45, 7) is 3.98. The largest absolute Gasteiger partial charge is 0.374 e. The van der Waals surface area contributed by atoms with E-state index < -0.39 is 0 Å². The summed E-state index contributed by atoms with van der Waals surface area (Å²) in [6, 6.07) is 1.94. The lowest BCUT2D eigenvalue weighted by molar-refractivity contribution is -0.0445. The SMILES string of the molecule is CCNc1cc(C(=O)N2CCOC3CCCC32)c(Cl)cn1. The molecule has 2 atom stereocenters. The van der Waals surface area contributed by atoms with Crippen molar-refractivity contribution in [2.45, 2.75) is 38.3 Å². The van der Waals surface area contributed by atoms with Crippen molar-refractivity contribution in [3.63, 3.8) is 0 Å². The Hall–Kier alpha value is -1.33. The minimum atomic E-state index is -0.0123. The maximum atomic E-state index is 12.9. The van der Waals surface area contributed by atoms with E-state index in [2.05, 4.69) is 10.3 Å². The van der Waals surface area contributed by atoms with Crippen LogP contribution in [0.2, 0.25) is 5.02 Å². The third-order valence-corrected chi connectivity index (χ3v) is 4.49. The number of amides is 1. The number of rotatable bonds is 3. The van der Waals surface area contributed by atoms with Crippen LogP contribution in [0, 0.1) is 0 Å². The summed E-state index contributed by atoms with van der Waals surface area (Å²) in [7, 11) is 0. The van der Waals surface area contributed by atoms with Crippen LogP contribution in [0.25, 0.3) is 0 Å². The fourth-order valence-electron chi connectivity index (χ4n) is 3.21. The second kappa shape index (κ2) is 6.20. The van der Waals surface area contributed by atoms with Crippen molar-refractivity contribution in [2.24, 2.45) is 0 Å². The number of hydrogen-bond donors (Lipinski definition) is 1. The van der Waals surface area contributed by atoms with E-state index in [0.717, 1.165) is 25.8 Å². The van der Waals surface area contributed by atoms with Crippen LogP contribution in [0.4, 0.5) is 5.82 Å². The van der Waals surface area contributed by atoms with Crippen LogP contribution in [0.3, 0.4) is 0 Å². The van der Waals surface area contributed by atoms with Gasteiger partial charge in [0, 0.05) is 19.3 Å². The minimum Gasteiger partial charge on any atom is -0.374 e. The fraction of sp³-hybridized carbons (Fsp3) is 0.600. The average molecular weight is 310 g/mol. The number of morpholine rings is 1. The third kappa shape index (κ3) is 2.85. The summed E-state index contributed by atoms with van der Waals surface area (Å²) in [5.74, 6) is 0.670. The standard InChI is InChI=1S/C15H20ClN3O2/c1-2-17-14-8-10(11(16)9-18-14)15(20)19-6-7-21-13-5-3-4-12(13)19/h8-9,12-13H,2-7H2,1H3,(H,17,18). The van der Waals surface area contributed by atoms with Crippen molar-refractivity contribution in [3.8, 4) is 0 Å². The highest BCUT2D eigenvalue weighted by Gasteiger charge is 2.39. The summed E-state index contributed by atoms with van der Waals surface area (Å²) >= 11 is 6.18. The predicted octanol–water partition coefficient (Wildman–Crippen LogP) is 2.56. The van der Waals surface area contributed by atoms with Crippen molar-refractivity contribution in [3.05, 3.63) is 22.8 Å². The lowest BCUT2D eigenvalue weighted by Crippen LogP contribution is -2.51. The molecule has 1 aliphatic carbocycles. The first-order chi connectivity index (χ1) is 10.2. The van der Waals surface area contributed by atoms with Gasteiger partial charge in [-0.05, 0) is 32.3 Å². The van der Waals surface area contributed by atoms with E-state index in [4.69, 9.17) is 16.3 Å². The van der Waals surface area contributed by atoms with Gasteiger partial charge < -0.3 is 15.0 Å². The van der Waals surface area contributed by atoms with Gasteiger partial charge in [0.15, 0.2) is 0 Å². The Balaban J connectivity index is 1.85. The molecule has 5 nitrogen and oxygen atoms in total. The number of ether oxygens (including phenoxy) is 1. The summed E-state index contributed by atoms with van der Waals surface area (Å²) in [5.41, 5.74) is 0.523. The number of carbonyl (C=O) groups excluding carboxylic acids is 1. The number of fused-ring (bicyclic) bond motifs is 1. The first kappa shape index (κ1) is 14.6. The maximum Gasteiger partial charge on any atom is 0.255 e. The molecule has 1 aromatic heterocycles. The number of pyridine rings is 1. The molecule has 2 heterocycles. The van der Waals surface area contributed by atoms with Crippen LogP contribution in [-0.2, 0) is 4.74 Å². The number of nitrogens with one attached hydrogen (secondary N) is 1. The van der Waals surface area contributed by atoms with Gasteiger partial charge in [-0.15, -0.1) is 0 Å². The molecule has 114 valence electrons. The number of halogens is 1. The Labute approximate surface area is 129 Å². The Kier molecular flexibility index (Phi) is 4.31. The molecule has 6 heteroatoms. The number of hydrogen-bond acceptors (Lipinski definition) is 4. The molecule has 1 N–H and O–H groups in total. The fourth-order valence-corrected chi connectivity index (χ4v) is 3.40. The van der Waals surface area contributed by atoms with Gasteiger partial charge in [-0.2, -0.15) is 0 Å². The monoisotopic (exact) mass is 309 g/mol. The van der Waals surface area contributed by atoms with Crippen molar-refractivity contribution in [2.75, 3.05) is 25.0 Å². The Bertz CT molecular complexity index is 538. The van der Waals surface area contributed by atoms with E-state index in [1.54, 1.807) is 12.3 Å². The average Bonchev–Trinajstić information content (AvgIpc) is 2.97. The van der Waals surface area contributed by atoms with Gasteiger partial charge in [0.05, 0.1) is 29.3 Å². The van der Waals surface area contributed by atoms with Gasteiger partial charge in [0.25, 0.3) is 5.91 Å². The van der Waals surface area contributed by atoms with Crippen LogP contribution >= 0.6 is 11.6 Å². The zero-order valence-electron chi connectivity index (χ0n) is 12.1. The van der Waals surface area contributed by atoms with E-state index in [1.165, 1.54) is 0 Å². The Morgan fingerprint density at radius 3 is 3.24 bits per heavy atom. The molecule has 0 aromatic carbocycles. The topological polar surface area (TPSA) is 54.5 Å². The van der Waals surface area contributed by atoms with Crippen LogP contribution in [0.15, 0.2) is 12.3 Å². The van der Waals surface area contributed by atoms with E-state index in [-0.39, 0.29) is 18.1 Å². The van der Waals surface area contributed by atoms with E-state index in [9.17, 15) is 4.79 Å². The molecular weight excluding hydrogens is 290 g/mol. The molecule has 1 aromatic rings. The highest BCUT2D eigenvalue weighted by atomic mass is 35.5. The van der Waals surface area contributed by atoms with E-state index in [0.29, 0.717) is 29.6 Å². The molecular formula is C15H20ClN3O2. The van der Waals surface area contributed by atoms with Gasteiger partial charge in [0.1, 0.15) is 5.82 Å². The highest BCUT2D eigenvalue weighted by Crippen LogP contribution is 2.31. The molecule has 1 saturated carbocycles. The van der Waals surface area contributed by atoms with Crippen molar-refractivity contribution in [1.82, 2.24) is 9.88 Å². The third-order valence-electron chi connectivity index (χ3n) is 4.19. The van der Waals surface area contributed by atoms with Gasteiger partial charge in [-0.25, -0.2) is 4.98 Å². The molecule has 21 heavy (non-hydrogen) atoms. The van der Waals surface area contributed by atoms with Gasteiger partial charge in [-0.3, -0.25) is 4.79 Å². The zero-order valence-corrected chi connectivity index (χ0v) is 12.9. The molecule has 2 unspecified atom stereocenters. The summed E-state index contributed by atoms with van der Waals surface area (Å²) in [5, 5.41) is 3.52. The lowest BCUT2D eigenvalue weighted by atomic mass is 10.1. The minimum absolute atomic E-state index is 0.0123. The first-order valence-corrected chi connectivity index (χ1v) is 7.90. The lowest BCUT2D eigenvalue weighted by Gasteiger charge is -2.37. The van der Waals surface area contributed by atoms with Crippen molar-refractivity contribution >= 4 is 23.3 Å². The molecule has 2 fully saturated rings. The molecule has 0 bridgehead atoms. The van der Waals surface area contributed by atoms with E-state index in [1.807, 2.05) is 11.8 Å². The van der Waals surface area contributed by atoms with Gasteiger partial charge in [0.2, 0.25) is 0 Å². The zero-order chi connectivity index (χ0) is 14.8. The second-order valence-electron chi connectivity index (χ2n) is 5.49. The van der Waals surface area contributed by atoms with Gasteiger partial charge >= 0.3 is 0 Å². The number of nitrogens with zero attached hydrogens (tertiary/aromatic N) is 2. The summed E-state index contributed by atoms with van der Waals surface area (Å²) in [4.78, 5) is 19.0. The van der Waals surface area contributed by atoms with Crippen LogP contribution in [0.5, 0.6) is 0 Å². The molecule has 0 spiro atoms. The summed E-state index contributed by atoms with van der Waals surface area (Å²) < 4.78 is 5.76. The molecule has 1 saturated heterocycles. The number of anilines is 1. The van der Waals surface area contributed by atoms with Crippen LogP contribution in [-0.4, -0.2) is 47.6 Å². The van der Waals surface area contributed by atoms with E-state index >= 15 is 0 Å². The van der Waals surface area contributed by atoms with Crippen LogP contribution < -0.4 is 5.32 Å². The second-order valence-corrected chi connectivity index (χ2v) is 5.89. The number of carbonyl (C=O) groups is 1. The predicted molar refractivity (Wildman–Crippen MR) is 81.8 cm³/mol. The Morgan fingerprint density at radius 1 is 1.57 bits per heavy atom.